The number of hydrogen-bond donors (Lipinski definition) is 3. The fourth-order valence-corrected chi connectivity index (χ4v) is 1.70. The number of nitrogens with two attached hydrogens (primary N) is 2. The van der Waals surface area contributed by atoms with Crippen molar-refractivity contribution in [2.75, 3.05) is 11.1 Å². The van der Waals surface area contributed by atoms with E-state index in [1.165, 1.54) is 18.2 Å². The van der Waals surface area contributed by atoms with Gasteiger partial charge in [-0.15, -0.1) is 0 Å². The van der Waals surface area contributed by atoms with Crippen LogP contribution in [0.4, 0.5) is 15.8 Å². The van der Waals surface area contributed by atoms with Crippen LogP contribution in [0.2, 0.25) is 0 Å². The monoisotopic (exact) mass is 273 g/mol. The van der Waals surface area contributed by atoms with Gasteiger partial charge in [0.15, 0.2) is 0 Å². The van der Waals surface area contributed by atoms with Crippen LogP contribution in [-0.4, -0.2) is 11.8 Å². The maximum absolute atomic E-state index is 13.2. The molecule has 0 spiro atoms. The predicted molar refractivity (Wildman–Crippen MR) is 73.7 cm³/mol. The van der Waals surface area contributed by atoms with E-state index in [0.29, 0.717) is 5.69 Å². The molecule has 0 saturated heterocycles. The molecule has 2 aromatic rings. The van der Waals surface area contributed by atoms with Gasteiger partial charge in [0.25, 0.3) is 5.91 Å². The van der Waals surface area contributed by atoms with Gasteiger partial charge >= 0.3 is 0 Å². The largest absolute Gasteiger partial charge is 0.399 e. The lowest BCUT2D eigenvalue weighted by molar-refractivity contribution is 0.0996. The van der Waals surface area contributed by atoms with Gasteiger partial charge < -0.3 is 16.8 Å². The molecule has 2 amide bonds. The Morgan fingerprint density at radius 2 is 1.80 bits per heavy atom. The summed E-state index contributed by atoms with van der Waals surface area (Å²) in [7, 11) is 0. The molecule has 0 atom stereocenters. The minimum atomic E-state index is -0.601. The van der Waals surface area contributed by atoms with Crippen molar-refractivity contribution in [3.8, 4) is 0 Å². The summed E-state index contributed by atoms with van der Waals surface area (Å²) in [6, 6.07) is 9.67. The summed E-state index contributed by atoms with van der Waals surface area (Å²) in [6.07, 6.45) is 0. The summed E-state index contributed by atoms with van der Waals surface area (Å²) in [5, 5.41) is 2.54. The molecule has 0 aliphatic heterocycles. The number of carbonyl (C=O) groups is 2. The Balaban J connectivity index is 2.23. The van der Waals surface area contributed by atoms with Crippen molar-refractivity contribution in [1.82, 2.24) is 0 Å². The average Bonchev–Trinajstić information content (AvgIpc) is 2.37. The van der Waals surface area contributed by atoms with Gasteiger partial charge in [0.2, 0.25) is 5.91 Å². The second-order valence-electron chi connectivity index (χ2n) is 4.17. The molecular formula is C14H12FN3O2. The summed E-state index contributed by atoms with van der Waals surface area (Å²) < 4.78 is 13.2. The first kappa shape index (κ1) is 13.5. The minimum absolute atomic E-state index is 0.0898. The zero-order valence-corrected chi connectivity index (χ0v) is 10.4. The first-order chi connectivity index (χ1) is 9.45. The second-order valence-corrected chi connectivity index (χ2v) is 4.17. The predicted octanol–water partition coefficient (Wildman–Crippen LogP) is 1.76. The molecule has 0 aliphatic carbocycles. The van der Waals surface area contributed by atoms with E-state index in [1.54, 1.807) is 12.1 Å². The number of halogens is 1. The highest BCUT2D eigenvalue weighted by molar-refractivity contribution is 6.05. The molecule has 0 heterocycles. The normalized spacial score (nSPS) is 10.1. The van der Waals surface area contributed by atoms with Crippen molar-refractivity contribution in [3.05, 3.63) is 59.4 Å². The molecule has 0 fully saturated rings. The molecule has 0 aromatic heterocycles. The maximum atomic E-state index is 13.2. The lowest BCUT2D eigenvalue weighted by Crippen LogP contribution is -2.14. The van der Waals surface area contributed by atoms with Crippen molar-refractivity contribution in [2.24, 2.45) is 5.73 Å². The highest BCUT2D eigenvalue weighted by Crippen LogP contribution is 2.15. The highest BCUT2D eigenvalue weighted by atomic mass is 19.1. The Bertz CT molecular complexity index is 666. The van der Waals surface area contributed by atoms with Crippen LogP contribution >= 0.6 is 0 Å². The summed E-state index contributed by atoms with van der Waals surface area (Å²) in [5.74, 6) is -1.73. The third-order valence-corrected chi connectivity index (χ3v) is 2.59. The van der Waals surface area contributed by atoms with Crippen LogP contribution in [0.15, 0.2) is 42.5 Å². The van der Waals surface area contributed by atoms with E-state index in [2.05, 4.69) is 5.32 Å². The van der Waals surface area contributed by atoms with Crippen molar-refractivity contribution in [1.29, 1.82) is 0 Å². The Morgan fingerprint density at radius 3 is 2.45 bits per heavy atom. The standard InChI is InChI=1S/C14H12FN3O2/c15-10-4-9(5-11(16)7-10)14(20)18-12-3-1-2-8(6-12)13(17)19/h1-7H,16H2,(H2,17,19)(H,18,20). The summed E-state index contributed by atoms with van der Waals surface area (Å²) in [6.45, 7) is 0. The van der Waals surface area contributed by atoms with E-state index >= 15 is 0 Å². The van der Waals surface area contributed by atoms with Gasteiger partial charge in [0, 0.05) is 22.5 Å². The number of rotatable bonds is 3. The molecule has 5 N–H and O–H groups in total. The zero-order valence-electron chi connectivity index (χ0n) is 10.4. The number of nitrogen functional groups attached to an aromatic ring is 1. The molecule has 2 aromatic carbocycles. The molecule has 5 nitrogen and oxygen atoms in total. The smallest absolute Gasteiger partial charge is 0.255 e. The van der Waals surface area contributed by atoms with Crippen molar-refractivity contribution in [2.45, 2.75) is 0 Å². The molecule has 2 rings (SSSR count). The van der Waals surface area contributed by atoms with Gasteiger partial charge in [-0.2, -0.15) is 0 Å². The number of nitrogens with one attached hydrogen (secondary N) is 1. The second kappa shape index (κ2) is 5.40. The van der Waals surface area contributed by atoms with Gasteiger partial charge in [0.1, 0.15) is 5.82 Å². The summed E-state index contributed by atoms with van der Waals surface area (Å²) >= 11 is 0. The molecule has 0 bridgehead atoms. The van der Waals surface area contributed by atoms with Crippen LogP contribution in [0.1, 0.15) is 20.7 Å². The third-order valence-electron chi connectivity index (χ3n) is 2.59. The number of amides is 2. The van der Waals surface area contributed by atoms with Gasteiger partial charge in [-0.1, -0.05) is 6.07 Å². The molecular weight excluding hydrogens is 261 g/mol. The van der Waals surface area contributed by atoms with Crippen molar-refractivity contribution >= 4 is 23.2 Å². The lowest BCUT2D eigenvalue weighted by Gasteiger charge is -2.07. The van der Waals surface area contributed by atoms with Gasteiger partial charge in [-0.25, -0.2) is 4.39 Å². The molecule has 0 saturated carbocycles. The van der Waals surface area contributed by atoms with Gasteiger partial charge in [-0.05, 0) is 36.4 Å². The van der Waals surface area contributed by atoms with E-state index in [0.717, 1.165) is 12.1 Å². The zero-order chi connectivity index (χ0) is 14.7. The molecule has 0 aliphatic rings. The number of hydrogen-bond acceptors (Lipinski definition) is 3. The molecule has 0 unspecified atom stereocenters. The first-order valence-corrected chi connectivity index (χ1v) is 5.73. The average molecular weight is 273 g/mol. The quantitative estimate of drug-likeness (QED) is 0.743. The lowest BCUT2D eigenvalue weighted by atomic mass is 10.1. The molecule has 102 valence electrons. The number of benzene rings is 2. The Labute approximate surface area is 114 Å². The van der Waals surface area contributed by atoms with Crippen LogP contribution in [0.3, 0.4) is 0 Å². The SMILES string of the molecule is NC(=O)c1cccc(NC(=O)c2cc(N)cc(F)c2)c1. The summed E-state index contributed by atoms with van der Waals surface area (Å²) in [4.78, 5) is 23.0. The van der Waals surface area contributed by atoms with E-state index in [4.69, 9.17) is 11.5 Å². The summed E-state index contributed by atoms with van der Waals surface area (Å²) in [5.41, 5.74) is 11.5. The Morgan fingerprint density at radius 1 is 1.05 bits per heavy atom. The third kappa shape index (κ3) is 3.11. The Kier molecular flexibility index (Phi) is 3.65. The molecule has 20 heavy (non-hydrogen) atoms. The topological polar surface area (TPSA) is 98.2 Å². The fraction of sp³-hybridized carbons (Fsp3) is 0. The van der Waals surface area contributed by atoms with Crippen LogP contribution in [0.5, 0.6) is 0 Å². The van der Waals surface area contributed by atoms with Gasteiger partial charge in [-0.3, -0.25) is 9.59 Å². The van der Waals surface area contributed by atoms with E-state index in [-0.39, 0.29) is 16.8 Å². The minimum Gasteiger partial charge on any atom is -0.399 e. The van der Waals surface area contributed by atoms with Gasteiger partial charge in [0.05, 0.1) is 0 Å². The van der Waals surface area contributed by atoms with E-state index in [9.17, 15) is 14.0 Å². The van der Waals surface area contributed by atoms with Crippen molar-refractivity contribution in [3.63, 3.8) is 0 Å². The molecule has 6 heteroatoms. The maximum Gasteiger partial charge on any atom is 0.255 e. The fourth-order valence-electron chi connectivity index (χ4n) is 1.70. The van der Waals surface area contributed by atoms with Crippen LogP contribution in [0, 0.1) is 5.82 Å². The van der Waals surface area contributed by atoms with Crippen LogP contribution < -0.4 is 16.8 Å². The molecule has 0 radical (unpaired) electrons. The van der Waals surface area contributed by atoms with E-state index < -0.39 is 17.6 Å². The van der Waals surface area contributed by atoms with Crippen LogP contribution in [0.25, 0.3) is 0 Å². The first-order valence-electron chi connectivity index (χ1n) is 5.73. The number of primary amides is 1. The van der Waals surface area contributed by atoms with Crippen LogP contribution in [-0.2, 0) is 0 Å². The highest BCUT2D eigenvalue weighted by Gasteiger charge is 2.09. The Hall–Kier alpha value is -2.89. The van der Waals surface area contributed by atoms with E-state index in [1.807, 2.05) is 0 Å². The van der Waals surface area contributed by atoms with Crippen molar-refractivity contribution < 1.29 is 14.0 Å². The number of anilines is 2. The number of carbonyl (C=O) groups excluding carboxylic acids is 2.